The van der Waals surface area contributed by atoms with Gasteiger partial charge < -0.3 is 19.8 Å². The standard InChI is InChI=1S/C22H28N4O5/c1-22(2,3)31-21(29)26-12-15-8-6-5-7-14(15)9-18(26)19(27)25-17(20(28)30-4)10-16-11-23-13-24-16/h5-8,11,13,17-18H,9-10,12H2,1-4H3,(H,23,24)(H,25,27)/t17-,18-/m0/s1. The summed E-state index contributed by atoms with van der Waals surface area (Å²) < 4.78 is 10.4. The van der Waals surface area contributed by atoms with Gasteiger partial charge in [0.25, 0.3) is 0 Å². The van der Waals surface area contributed by atoms with Crippen LogP contribution in [0.4, 0.5) is 4.79 Å². The average Bonchev–Trinajstić information content (AvgIpc) is 3.23. The van der Waals surface area contributed by atoms with Gasteiger partial charge in [-0.3, -0.25) is 9.69 Å². The molecular weight excluding hydrogens is 400 g/mol. The number of rotatable bonds is 5. The van der Waals surface area contributed by atoms with Crippen molar-refractivity contribution in [3.63, 3.8) is 0 Å². The Bertz CT molecular complexity index is 936. The van der Waals surface area contributed by atoms with Crippen LogP contribution in [0.1, 0.15) is 37.6 Å². The molecule has 3 rings (SSSR count). The first-order valence-electron chi connectivity index (χ1n) is 10.1. The number of hydrogen-bond donors (Lipinski definition) is 2. The number of aromatic nitrogens is 2. The first-order chi connectivity index (χ1) is 14.7. The Morgan fingerprint density at radius 1 is 1.26 bits per heavy atom. The third kappa shape index (κ3) is 5.62. The van der Waals surface area contributed by atoms with Crippen LogP contribution in [0, 0.1) is 0 Å². The van der Waals surface area contributed by atoms with Gasteiger partial charge in [0.2, 0.25) is 5.91 Å². The van der Waals surface area contributed by atoms with Gasteiger partial charge in [0, 0.05) is 24.7 Å². The van der Waals surface area contributed by atoms with Crippen LogP contribution in [0.5, 0.6) is 0 Å². The zero-order chi connectivity index (χ0) is 22.6. The first-order valence-corrected chi connectivity index (χ1v) is 10.1. The predicted octanol–water partition coefficient (Wildman–Crippen LogP) is 1.97. The molecule has 0 fully saturated rings. The molecule has 0 saturated carbocycles. The van der Waals surface area contributed by atoms with Crippen molar-refractivity contribution in [2.75, 3.05) is 7.11 Å². The fourth-order valence-electron chi connectivity index (χ4n) is 3.49. The van der Waals surface area contributed by atoms with Gasteiger partial charge in [0.05, 0.1) is 20.0 Å². The molecule has 1 aliphatic rings. The Kier molecular flexibility index (Phi) is 6.62. The van der Waals surface area contributed by atoms with Crippen LogP contribution in [0.2, 0.25) is 0 Å². The number of ether oxygens (including phenoxy) is 2. The van der Waals surface area contributed by atoms with Gasteiger partial charge in [-0.15, -0.1) is 0 Å². The smallest absolute Gasteiger partial charge is 0.411 e. The van der Waals surface area contributed by atoms with Crippen molar-refractivity contribution in [1.29, 1.82) is 0 Å². The molecule has 2 amide bonds. The number of nitrogens with one attached hydrogen (secondary N) is 2. The fourth-order valence-corrected chi connectivity index (χ4v) is 3.49. The lowest BCUT2D eigenvalue weighted by Crippen LogP contribution is -2.56. The van der Waals surface area contributed by atoms with Crippen LogP contribution in [0.25, 0.3) is 0 Å². The van der Waals surface area contributed by atoms with E-state index in [1.807, 2.05) is 24.3 Å². The number of H-pyrrole nitrogens is 1. The summed E-state index contributed by atoms with van der Waals surface area (Å²) in [7, 11) is 1.26. The molecule has 0 saturated heterocycles. The Balaban J connectivity index is 1.83. The largest absolute Gasteiger partial charge is 0.467 e. The minimum Gasteiger partial charge on any atom is -0.467 e. The van der Waals surface area contributed by atoms with E-state index in [1.165, 1.54) is 18.3 Å². The summed E-state index contributed by atoms with van der Waals surface area (Å²) in [6.45, 7) is 5.56. The molecule has 9 nitrogen and oxygen atoms in total. The molecule has 2 heterocycles. The van der Waals surface area contributed by atoms with E-state index in [1.54, 1.807) is 27.0 Å². The number of esters is 1. The maximum absolute atomic E-state index is 13.3. The Morgan fingerprint density at radius 2 is 1.97 bits per heavy atom. The minimum absolute atomic E-state index is 0.189. The zero-order valence-corrected chi connectivity index (χ0v) is 18.2. The molecule has 31 heavy (non-hydrogen) atoms. The molecule has 9 heteroatoms. The van der Waals surface area contributed by atoms with E-state index in [0.29, 0.717) is 12.1 Å². The van der Waals surface area contributed by atoms with Crippen molar-refractivity contribution in [3.8, 4) is 0 Å². The summed E-state index contributed by atoms with van der Waals surface area (Å²) >= 11 is 0. The van der Waals surface area contributed by atoms with Crippen molar-refractivity contribution >= 4 is 18.0 Å². The van der Waals surface area contributed by atoms with E-state index in [4.69, 9.17) is 9.47 Å². The molecule has 1 aliphatic heterocycles. The number of hydrogen-bond acceptors (Lipinski definition) is 6. The monoisotopic (exact) mass is 428 g/mol. The molecule has 0 spiro atoms. The van der Waals surface area contributed by atoms with Crippen molar-refractivity contribution in [3.05, 3.63) is 53.6 Å². The average molecular weight is 428 g/mol. The number of aromatic amines is 1. The Labute approximate surface area is 181 Å². The second-order valence-electron chi connectivity index (χ2n) is 8.46. The van der Waals surface area contributed by atoms with Gasteiger partial charge in [-0.25, -0.2) is 14.6 Å². The number of carbonyl (C=O) groups excluding carboxylic acids is 3. The van der Waals surface area contributed by atoms with Gasteiger partial charge in [-0.05, 0) is 31.9 Å². The molecule has 166 valence electrons. The van der Waals surface area contributed by atoms with E-state index in [0.717, 1.165) is 11.1 Å². The van der Waals surface area contributed by atoms with Crippen LogP contribution in [-0.2, 0) is 38.4 Å². The van der Waals surface area contributed by atoms with Crippen LogP contribution in [0.15, 0.2) is 36.8 Å². The van der Waals surface area contributed by atoms with E-state index < -0.39 is 35.7 Å². The van der Waals surface area contributed by atoms with Crippen molar-refractivity contribution in [1.82, 2.24) is 20.2 Å². The van der Waals surface area contributed by atoms with Gasteiger partial charge in [-0.2, -0.15) is 0 Å². The summed E-state index contributed by atoms with van der Waals surface area (Å²) in [4.78, 5) is 46.7. The van der Waals surface area contributed by atoms with E-state index >= 15 is 0 Å². The molecule has 1 aromatic carbocycles. The van der Waals surface area contributed by atoms with Gasteiger partial charge >= 0.3 is 12.1 Å². The molecule has 0 unspecified atom stereocenters. The minimum atomic E-state index is -0.921. The quantitative estimate of drug-likeness (QED) is 0.704. The highest BCUT2D eigenvalue weighted by Crippen LogP contribution is 2.25. The second kappa shape index (κ2) is 9.20. The molecule has 0 aliphatic carbocycles. The number of fused-ring (bicyclic) bond motifs is 1. The number of amides is 2. The van der Waals surface area contributed by atoms with E-state index in [2.05, 4.69) is 15.3 Å². The molecule has 2 aromatic rings. The van der Waals surface area contributed by atoms with Crippen LogP contribution >= 0.6 is 0 Å². The second-order valence-corrected chi connectivity index (χ2v) is 8.46. The summed E-state index contributed by atoms with van der Waals surface area (Å²) in [6, 6.07) is 5.91. The lowest BCUT2D eigenvalue weighted by molar-refractivity contribution is -0.145. The normalized spacial score (nSPS) is 16.8. The maximum atomic E-state index is 13.3. The number of benzene rings is 1. The summed E-state index contributed by atoms with van der Waals surface area (Å²) in [5, 5.41) is 2.74. The van der Waals surface area contributed by atoms with Gasteiger partial charge in [-0.1, -0.05) is 24.3 Å². The Hall–Kier alpha value is -3.36. The molecule has 0 radical (unpaired) electrons. The van der Waals surface area contributed by atoms with E-state index in [9.17, 15) is 14.4 Å². The molecule has 0 bridgehead atoms. The maximum Gasteiger partial charge on any atom is 0.411 e. The first kappa shape index (κ1) is 22.3. The Morgan fingerprint density at radius 3 is 2.58 bits per heavy atom. The van der Waals surface area contributed by atoms with Crippen molar-refractivity contribution in [2.24, 2.45) is 0 Å². The van der Waals surface area contributed by atoms with Crippen LogP contribution in [-0.4, -0.2) is 57.6 Å². The highest BCUT2D eigenvalue weighted by molar-refractivity contribution is 5.90. The van der Waals surface area contributed by atoms with Gasteiger partial charge in [0.1, 0.15) is 17.7 Å². The fraction of sp³-hybridized carbons (Fsp3) is 0.455. The molecule has 2 N–H and O–H groups in total. The van der Waals surface area contributed by atoms with Crippen molar-refractivity contribution in [2.45, 2.75) is 57.8 Å². The zero-order valence-electron chi connectivity index (χ0n) is 18.2. The van der Waals surface area contributed by atoms with Crippen molar-refractivity contribution < 1.29 is 23.9 Å². The highest BCUT2D eigenvalue weighted by atomic mass is 16.6. The third-order valence-corrected chi connectivity index (χ3v) is 4.96. The number of imidazole rings is 1. The predicted molar refractivity (Wildman–Crippen MR) is 112 cm³/mol. The number of nitrogens with zero attached hydrogens (tertiary/aromatic N) is 2. The highest BCUT2D eigenvalue weighted by Gasteiger charge is 2.38. The third-order valence-electron chi connectivity index (χ3n) is 4.96. The summed E-state index contributed by atoms with van der Waals surface area (Å²) in [5.41, 5.74) is 1.91. The number of carbonyl (C=O) groups is 3. The topological polar surface area (TPSA) is 114 Å². The van der Waals surface area contributed by atoms with Crippen LogP contribution in [0.3, 0.4) is 0 Å². The van der Waals surface area contributed by atoms with Gasteiger partial charge in [0.15, 0.2) is 0 Å². The van der Waals surface area contributed by atoms with Crippen LogP contribution < -0.4 is 5.32 Å². The lowest BCUT2D eigenvalue weighted by atomic mass is 9.93. The van der Waals surface area contributed by atoms with E-state index in [-0.39, 0.29) is 13.0 Å². The SMILES string of the molecule is COC(=O)[C@H](Cc1cnc[nH]1)NC(=O)[C@@H]1Cc2ccccc2CN1C(=O)OC(C)(C)C. The molecule has 1 aromatic heterocycles. The number of methoxy groups -OCH3 is 1. The molecular formula is C22H28N4O5. The lowest BCUT2D eigenvalue weighted by Gasteiger charge is -2.37. The summed E-state index contributed by atoms with van der Waals surface area (Å²) in [5.74, 6) is -1.03. The summed E-state index contributed by atoms with van der Waals surface area (Å²) in [6.07, 6.45) is 3.00. The molecule has 2 atom stereocenters.